The first-order chi connectivity index (χ1) is 9.86. The zero-order valence-electron chi connectivity index (χ0n) is 10.9. The molecule has 0 saturated carbocycles. The molecule has 0 bridgehead atoms. The molecule has 0 aromatic heterocycles. The van der Waals surface area contributed by atoms with E-state index in [0.717, 1.165) is 17.0 Å². The molecule has 5 heteroatoms. The second kappa shape index (κ2) is 5.63. The molecule has 3 rings (SSSR count). The number of guanidine groups is 1. The Morgan fingerprint density at radius 1 is 1.10 bits per heavy atom. The first-order valence-corrected chi connectivity index (χ1v) is 6.45. The Hall–Kier alpha value is -2.53. The van der Waals surface area contributed by atoms with Gasteiger partial charge >= 0.3 is 0 Å². The summed E-state index contributed by atoms with van der Waals surface area (Å²) in [4.78, 5) is 4.58. The van der Waals surface area contributed by atoms with Crippen LogP contribution in [-0.2, 0) is 0 Å². The maximum absolute atomic E-state index is 5.60. The van der Waals surface area contributed by atoms with Crippen molar-refractivity contribution in [2.24, 2.45) is 10.8 Å². The number of anilines is 1. The number of hydrogen-bond donors (Lipinski definition) is 3. The van der Waals surface area contributed by atoms with Crippen molar-refractivity contribution in [1.29, 1.82) is 0 Å². The fraction of sp³-hybridized carbons (Fsp3) is 0.133. The Kier molecular flexibility index (Phi) is 3.52. The van der Waals surface area contributed by atoms with Crippen molar-refractivity contribution in [1.82, 2.24) is 5.43 Å². The Bertz CT molecular complexity index is 612. The molecule has 4 N–H and O–H groups in total. The lowest BCUT2D eigenvalue weighted by molar-refractivity contribution is 0.334. The molecule has 0 fully saturated rings. The SMILES string of the molecule is NNC(=NC1COc2ccccc21)Nc1ccccc1. The number of hydrogen-bond acceptors (Lipinski definition) is 3. The fourth-order valence-corrected chi connectivity index (χ4v) is 2.17. The summed E-state index contributed by atoms with van der Waals surface area (Å²) in [6, 6.07) is 17.6. The van der Waals surface area contributed by atoms with Crippen molar-refractivity contribution in [2.75, 3.05) is 11.9 Å². The maximum atomic E-state index is 5.60. The topological polar surface area (TPSA) is 71.7 Å². The molecule has 1 atom stereocenters. The zero-order valence-corrected chi connectivity index (χ0v) is 10.9. The molecule has 102 valence electrons. The van der Waals surface area contributed by atoms with Gasteiger partial charge in [-0.05, 0) is 18.2 Å². The predicted octanol–water partition coefficient (Wildman–Crippen LogP) is 2.05. The minimum absolute atomic E-state index is 0.0477. The first kappa shape index (κ1) is 12.5. The highest BCUT2D eigenvalue weighted by atomic mass is 16.5. The molecule has 2 aromatic carbocycles. The minimum Gasteiger partial charge on any atom is -0.491 e. The zero-order chi connectivity index (χ0) is 13.8. The third kappa shape index (κ3) is 2.57. The van der Waals surface area contributed by atoms with Gasteiger partial charge in [-0.2, -0.15) is 0 Å². The number of para-hydroxylation sites is 2. The van der Waals surface area contributed by atoms with Crippen LogP contribution < -0.4 is 21.3 Å². The smallest absolute Gasteiger partial charge is 0.211 e. The summed E-state index contributed by atoms with van der Waals surface area (Å²) in [6.45, 7) is 0.529. The summed E-state index contributed by atoms with van der Waals surface area (Å²) in [5.74, 6) is 6.94. The van der Waals surface area contributed by atoms with Crippen LogP contribution in [-0.4, -0.2) is 12.6 Å². The van der Waals surface area contributed by atoms with Crippen molar-refractivity contribution in [3.8, 4) is 5.75 Å². The minimum atomic E-state index is -0.0477. The number of rotatable bonds is 2. The monoisotopic (exact) mass is 268 g/mol. The molecule has 1 heterocycles. The summed E-state index contributed by atoms with van der Waals surface area (Å²) >= 11 is 0. The maximum Gasteiger partial charge on any atom is 0.211 e. The summed E-state index contributed by atoms with van der Waals surface area (Å²) in [7, 11) is 0. The van der Waals surface area contributed by atoms with Crippen LogP contribution in [0.4, 0.5) is 5.69 Å². The van der Waals surface area contributed by atoms with E-state index in [1.54, 1.807) is 0 Å². The summed E-state index contributed by atoms with van der Waals surface area (Å²) in [6.07, 6.45) is 0. The van der Waals surface area contributed by atoms with E-state index in [4.69, 9.17) is 10.6 Å². The Balaban J connectivity index is 1.80. The summed E-state index contributed by atoms with van der Waals surface area (Å²) < 4.78 is 5.60. The van der Waals surface area contributed by atoms with Crippen molar-refractivity contribution < 1.29 is 4.74 Å². The van der Waals surface area contributed by atoms with Crippen molar-refractivity contribution >= 4 is 11.6 Å². The van der Waals surface area contributed by atoms with Crippen LogP contribution in [0, 0.1) is 0 Å². The molecule has 5 nitrogen and oxygen atoms in total. The van der Waals surface area contributed by atoms with Gasteiger partial charge in [0.25, 0.3) is 0 Å². The van der Waals surface area contributed by atoms with Gasteiger partial charge in [0, 0.05) is 11.3 Å². The average molecular weight is 268 g/mol. The third-order valence-electron chi connectivity index (χ3n) is 3.13. The predicted molar refractivity (Wildman–Crippen MR) is 79.5 cm³/mol. The number of ether oxygens (including phenoxy) is 1. The Morgan fingerprint density at radius 2 is 1.85 bits per heavy atom. The molecule has 1 aliphatic rings. The van der Waals surface area contributed by atoms with Gasteiger partial charge in [-0.3, -0.25) is 5.43 Å². The lowest BCUT2D eigenvalue weighted by atomic mass is 10.1. The lowest BCUT2D eigenvalue weighted by Gasteiger charge is -2.11. The molecule has 1 aliphatic heterocycles. The molecule has 0 aliphatic carbocycles. The van der Waals surface area contributed by atoms with E-state index in [1.165, 1.54) is 0 Å². The first-order valence-electron chi connectivity index (χ1n) is 6.45. The van der Waals surface area contributed by atoms with E-state index in [0.29, 0.717) is 12.6 Å². The molecule has 0 radical (unpaired) electrons. The van der Waals surface area contributed by atoms with Crippen LogP contribution in [0.5, 0.6) is 5.75 Å². The number of nitrogens with two attached hydrogens (primary N) is 1. The molecule has 2 aromatic rings. The van der Waals surface area contributed by atoms with Crippen LogP contribution in [0.3, 0.4) is 0 Å². The van der Waals surface area contributed by atoms with Gasteiger partial charge in [-0.1, -0.05) is 36.4 Å². The average Bonchev–Trinajstić information content (AvgIpc) is 2.91. The third-order valence-corrected chi connectivity index (χ3v) is 3.13. The van der Waals surface area contributed by atoms with Gasteiger partial charge in [0.05, 0.1) is 0 Å². The van der Waals surface area contributed by atoms with Crippen LogP contribution in [0.1, 0.15) is 11.6 Å². The molecule has 0 saturated heterocycles. The van der Waals surface area contributed by atoms with Crippen LogP contribution in [0.2, 0.25) is 0 Å². The van der Waals surface area contributed by atoms with Gasteiger partial charge in [-0.25, -0.2) is 10.8 Å². The van der Waals surface area contributed by atoms with E-state index < -0.39 is 0 Å². The quantitative estimate of drug-likeness (QED) is 0.337. The van der Waals surface area contributed by atoms with Crippen LogP contribution in [0.15, 0.2) is 59.6 Å². The standard InChI is InChI=1S/C15H16N4O/c16-19-15(17-11-6-2-1-3-7-11)18-13-10-20-14-9-5-4-8-12(13)14/h1-9,13H,10,16H2,(H2,17,18,19). The number of hydrazine groups is 1. The number of nitrogens with zero attached hydrogens (tertiary/aromatic N) is 1. The van der Waals surface area contributed by atoms with Gasteiger partial charge in [0.15, 0.2) is 0 Å². The molecule has 1 unspecified atom stereocenters. The van der Waals surface area contributed by atoms with E-state index in [9.17, 15) is 0 Å². The summed E-state index contributed by atoms with van der Waals surface area (Å²) in [5, 5.41) is 3.14. The fourth-order valence-electron chi connectivity index (χ4n) is 2.17. The van der Waals surface area contributed by atoms with E-state index in [1.807, 2.05) is 54.6 Å². The lowest BCUT2D eigenvalue weighted by Crippen LogP contribution is -2.36. The van der Waals surface area contributed by atoms with Crippen molar-refractivity contribution in [3.63, 3.8) is 0 Å². The highest BCUT2D eigenvalue weighted by Crippen LogP contribution is 2.34. The largest absolute Gasteiger partial charge is 0.491 e. The van der Waals surface area contributed by atoms with Crippen molar-refractivity contribution in [3.05, 3.63) is 60.2 Å². The molecular formula is C15H16N4O. The highest BCUT2D eigenvalue weighted by molar-refractivity contribution is 5.93. The number of nitrogens with one attached hydrogen (secondary N) is 2. The normalized spacial score (nSPS) is 17.2. The second-order valence-corrected chi connectivity index (χ2v) is 4.48. The van der Waals surface area contributed by atoms with Crippen LogP contribution in [0.25, 0.3) is 0 Å². The molecular weight excluding hydrogens is 252 g/mol. The Labute approximate surface area is 117 Å². The second-order valence-electron chi connectivity index (χ2n) is 4.48. The molecule has 0 spiro atoms. The van der Waals surface area contributed by atoms with E-state index in [2.05, 4.69) is 15.7 Å². The van der Waals surface area contributed by atoms with E-state index >= 15 is 0 Å². The highest BCUT2D eigenvalue weighted by Gasteiger charge is 2.23. The van der Waals surface area contributed by atoms with Crippen molar-refractivity contribution in [2.45, 2.75) is 6.04 Å². The number of benzene rings is 2. The summed E-state index contributed by atoms with van der Waals surface area (Å²) in [5.41, 5.74) is 4.60. The van der Waals surface area contributed by atoms with E-state index in [-0.39, 0.29) is 6.04 Å². The number of fused-ring (bicyclic) bond motifs is 1. The number of aliphatic imine (C=N–C) groups is 1. The Morgan fingerprint density at radius 3 is 2.65 bits per heavy atom. The van der Waals surface area contributed by atoms with Gasteiger partial charge in [0.2, 0.25) is 5.96 Å². The van der Waals surface area contributed by atoms with Gasteiger partial charge in [-0.15, -0.1) is 0 Å². The van der Waals surface area contributed by atoms with Gasteiger partial charge in [0.1, 0.15) is 18.4 Å². The molecule has 20 heavy (non-hydrogen) atoms. The van der Waals surface area contributed by atoms with Crippen LogP contribution >= 0.6 is 0 Å². The van der Waals surface area contributed by atoms with Gasteiger partial charge < -0.3 is 10.1 Å². The molecule has 0 amide bonds.